The Morgan fingerprint density at radius 3 is 1.18 bits per heavy atom. The third kappa shape index (κ3) is 7.71. The van der Waals surface area contributed by atoms with Gasteiger partial charge in [-0.15, -0.1) is 19.3 Å². The van der Waals surface area contributed by atoms with E-state index in [-0.39, 0.29) is 0 Å². The zero-order valence-corrected chi connectivity index (χ0v) is 23.9. The van der Waals surface area contributed by atoms with Crippen LogP contribution in [0.15, 0.2) is 115 Å². The molecule has 0 bridgehead atoms. The lowest BCUT2D eigenvalue weighted by Gasteiger charge is -2.13. The Balaban J connectivity index is 1.62. The van der Waals surface area contributed by atoms with E-state index in [1.165, 1.54) is 0 Å². The largest absolute Gasteiger partial charge is 0.379 e. The van der Waals surface area contributed by atoms with Crippen molar-refractivity contribution in [3.63, 3.8) is 0 Å². The number of rotatable bonds is 3. The average Bonchev–Trinajstić information content (AvgIpc) is 3.09. The van der Waals surface area contributed by atoms with Gasteiger partial charge in [-0.1, -0.05) is 83.6 Å². The van der Waals surface area contributed by atoms with E-state index in [2.05, 4.69) is 70.7 Å². The molecule has 44 heavy (non-hydrogen) atoms. The van der Waals surface area contributed by atoms with Crippen molar-refractivity contribution >= 4 is 5.69 Å². The van der Waals surface area contributed by atoms with Crippen LogP contribution in [0.2, 0.25) is 0 Å². The molecule has 0 saturated carbocycles. The van der Waals surface area contributed by atoms with Crippen molar-refractivity contribution in [3.8, 4) is 72.6 Å². The predicted molar refractivity (Wildman–Crippen MR) is 181 cm³/mol. The van der Waals surface area contributed by atoms with Gasteiger partial charge in [0.05, 0.1) is 16.8 Å². The highest BCUT2D eigenvalue weighted by Gasteiger charge is 2.09. The Hall–Kier alpha value is -6.74. The molecule has 0 aliphatic rings. The molecule has 1 heteroatoms. The summed E-state index contributed by atoms with van der Waals surface area (Å²) in [7, 11) is 0. The standard InChI is InChI=1S/C43H25N/c1-4-33-12-18-36(19-13-33)24-25-40-30-41(28-26-37-20-14-34(5-2)15-21-37)43(44-32-39-10-8-7-9-11-39)42(31-40)29-27-38-22-16-35(6-3)17-23-38/h1-3,7-23,30-31,44H,32H2. The monoisotopic (exact) mass is 555 g/mol. The maximum absolute atomic E-state index is 5.53. The molecule has 0 radical (unpaired) electrons. The van der Waals surface area contributed by atoms with Crippen molar-refractivity contribution in [1.29, 1.82) is 0 Å². The summed E-state index contributed by atoms with van der Waals surface area (Å²) in [6.45, 7) is 0.602. The van der Waals surface area contributed by atoms with Gasteiger partial charge < -0.3 is 5.32 Å². The highest BCUT2D eigenvalue weighted by atomic mass is 14.9. The van der Waals surface area contributed by atoms with Gasteiger partial charge >= 0.3 is 0 Å². The van der Waals surface area contributed by atoms with Crippen LogP contribution in [0.3, 0.4) is 0 Å². The van der Waals surface area contributed by atoms with Gasteiger partial charge in [-0.2, -0.15) is 0 Å². The minimum atomic E-state index is 0.602. The number of benzene rings is 5. The molecule has 0 aromatic heterocycles. The molecular formula is C43H25N. The molecule has 0 amide bonds. The van der Waals surface area contributed by atoms with Crippen LogP contribution in [0.25, 0.3) is 0 Å². The van der Waals surface area contributed by atoms with Crippen LogP contribution in [0.1, 0.15) is 55.6 Å². The molecule has 0 unspecified atom stereocenters. The van der Waals surface area contributed by atoms with Crippen molar-refractivity contribution in [1.82, 2.24) is 0 Å². The fourth-order valence-electron chi connectivity index (χ4n) is 4.26. The molecule has 0 atom stereocenters. The van der Waals surface area contributed by atoms with Crippen LogP contribution >= 0.6 is 0 Å². The van der Waals surface area contributed by atoms with Crippen LogP contribution in [-0.2, 0) is 6.54 Å². The van der Waals surface area contributed by atoms with E-state index in [0.29, 0.717) is 6.54 Å². The first-order valence-corrected chi connectivity index (χ1v) is 13.9. The predicted octanol–water partition coefficient (Wildman–Crippen LogP) is 7.44. The van der Waals surface area contributed by atoms with Gasteiger partial charge in [-0.25, -0.2) is 0 Å². The van der Waals surface area contributed by atoms with Crippen molar-refractivity contribution in [3.05, 3.63) is 171 Å². The first-order valence-electron chi connectivity index (χ1n) is 13.9. The molecule has 0 fully saturated rings. The third-order valence-electron chi connectivity index (χ3n) is 6.64. The third-order valence-corrected chi connectivity index (χ3v) is 6.64. The lowest BCUT2D eigenvalue weighted by atomic mass is 10.0. The summed E-state index contributed by atoms with van der Waals surface area (Å²) >= 11 is 0. The summed E-state index contributed by atoms with van der Waals surface area (Å²) < 4.78 is 0. The number of anilines is 1. The van der Waals surface area contributed by atoms with E-state index < -0.39 is 0 Å². The molecule has 0 saturated heterocycles. The fraction of sp³-hybridized carbons (Fsp3) is 0.0233. The topological polar surface area (TPSA) is 12.0 Å². The van der Waals surface area contributed by atoms with Crippen molar-refractivity contribution in [2.45, 2.75) is 6.54 Å². The molecule has 5 rings (SSSR count). The normalized spacial score (nSPS) is 9.30. The maximum atomic E-state index is 5.53. The molecular weight excluding hydrogens is 530 g/mol. The van der Waals surface area contributed by atoms with Gasteiger partial charge in [0.25, 0.3) is 0 Å². The smallest absolute Gasteiger partial charge is 0.0662 e. The van der Waals surface area contributed by atoms with E-state index in [1.807, 2.05) is 103 Å². The van der Waals surface area contributed by atoms with E-state index in [0.717, 1.165) is 61.3 Å². The van der Waals surface area contributed by atoms with E-state index in [1.54, 1.807) is 0 Å². The van der Waals surface area contributed by atoms with Crippen LogP contribution in [0.4, 0.5) is 5.69 Å². The van der Waals surface area contributed by atoms with Gasteiger partial charge in [0.1, 0.15) is 0 Å². The van der Waals surface area contributed by atoms with Crippen molar-refractivity contribution in [2.24, 2.45) is 0 Å². The summed E-state index contributed by atoms with van der Waals surface area (Å²) in [6, 6.07) is 37.0. The summed E-state index contributed by atoms with van der Waals surface area (Å²) in [5, 5.41) is 3.60. The van der Waals surface area contributed by atoms with Gasteiger partial charge in [-0.05, 0) is 90.5 Å². The highest BCUT2D eigenvalue weighted by Crippen LogP contribution is 2.24. The van der Waals surface area contributed by atoms with Crippen molar-refractivity contribution in [2.75, 3.05) is 5.32 Å². The second kappa shape index (κ2) is 14.2. The van der Waals surface area contributed by atoms with E-state index in [4.69, 9.17) is 19.3 Å². The molecule has 0 aliphatic carbocycles. The molecule has 0 aliphatic heterocycles. The van der Waals surface area contributed by atoms with Gasteiger partial charge in [-0.3, -0.25) is 0 Å². The first-order chi connectivity index (χ1) is 21.6. The van der Waals surface area contributed by atoms with E-state index >= 15 is 0 Å². The summed E-state index contributed by atoms with van der Waals surface area (Å²) in [6.07, 6.45) is 16.6. The average molecular weight is 556 g/mol. The highest BCUT2D eigenvalue weighted by molar-refractivity contribution is 5.72. The molecule has 1 nitrogen and oxygen atoms in total. The molecule has 1 N–H and O–H groups in total. The van der Waals surface area contributed by atoms with Crippen LogP contribution in [0.5, 0.6) is 0 Å². The van der Waals surface area contributed by atoms with Crippen molar-refractivity contribution < 1.29 is 0 Å². The Bertz CT molecular complexity index is 2010. The first kappa shape index (κ1) is 28.8. The maximum Gasteiger partial charge on any atom is 0.0662 e. The zero-order chi connectivity index (χ0) is 30.6. The lowest BCUT2D eigenvalue weighted by molar-refractivity contribution is 1.14. The van der Waals surface area contributed by atoms with Crippen LogP contribution in [-0.4, -0.2) is 0 Å². The SMILES string of the molecule is C#Cc1ccc(C#Cc2cc(C#Cc3ccc(C#C)cc3)c(NCc3ccccc3)c(C#Cc3ccc(C#C)cc3)c2)cc1. The van der Waals surface area contributed by atoms with Crippen LogP contribution < -0.4 is 5.32 Å². The van der Waals surface area contributed by atoms with Gasteiger partial charge in [0.2, 0.25) is 0 Å². The number of hydrogen-bond donors (Lipinski definition) is 1. The van der Waals surface area contributed by atoms with E-state index in [9.17, 15) is 0 Å². The Labute approximate surface area is 260 Å². The molecule has 5 aromatic carbocycles. The number of hydrogen-bond acceptors (Lipinski definition) is 1. The zero-order valence-electron chi connectivity index (χ0n) is 23.9. The van der Waals surface area contributed by atoms with Gasteiger partial charge in [0.15, 0.2) is 0 Å². The Kier molecular flexibility index (Phi) is 9.31. The summed E-state index contributed by atoms with van der Waals surface area (Å²) in [5.74, 6) is 27.8. The minimum Gasteiger partial charge on any atom is -0.379 e. The fourth-order valence-corrected chi connectivity index (χ4v) is 4.26. The summed E-state index contributed by atoms with van der Waals surface area (Å²) in [4.78, 5) is 0. The second-order valence-electron chi connectivity index (χ2n) is 9.70. The molecule has 202 valence electrons. The number of terminal acetylenes is 3. The molecule has 0 spiro atoms. The molecule has 5 aromatic rings. The Morgan fingerprint density at radius 1 is 0.409 bits per heavy atom. The minimum absolute atomic E-state index is 0.602. The number of nitrogens with one attached hydrogen (secondary N) is 1. The van der Waals surface area contributed by atoms with Crippen LogP contribution in [0, 0.1) is 72.6 Å². The second-order valence-corrected chi connectivity index (χ2v) is 9.70. The quantitative estimate of drug-likeness (QED) is 0.228. The lowest BCUT2D eigenvalue weighted by Crippen LogP contribution is -2.04. The molecule has 0 heterocycles. The summed E-state index contributed by atoms with van der Waals surface area (Å²) in [5.41, 5.74) is 9.30. The Morgan fingerprint density at radius 2 is 0.773 bits per heavy atom. The van der Waals surface area contributed by atoms with Gasteiger partial charge in [0, 0.05) is 45.5 Å².